The number of ether oxygens (including phenoxy) is 2. The summed E-state index contributed by atoms with van der Waals surface area (Å²) in [7, 11) is 2.06. The number of hydrogen-bond donors (Lipinski definition) is 3. The number of amides is 2. The molecule has 1 atom stereocenters. The van der Waals surface area contributed by atoms with Crippen LogP contribution in [0.25, 0.3) is 11.0 Å². The topological polar surface area (TPSA) is 106 Å². The Bertz CT molecular complexity index is 1770. The van der Waals surface area contributed by atoms with Crippen LogP contribution in [0.4, 0.5) is 19.3 Å². The number of carbonyl (C=O) groups excluding carboxylic acids is 1. The van der Waals surface area contributed by atoms with E-state index in [2.05, 4.69) is 45.1 Å². The van der Waals surface area contributed by atoms with Gasteiger partial charge in [0.1, 0.15) is 17.1 Å². The van der Waals surface area contributed by atoms with E-state index in [4.69, 9.17) is 9.47 Å². The Kier molecular flexibility index (Phi) is 8.60. The summed E-state index contributed by atoms with van der Waals surface area (Å²) in [6, 6.07) is 14.1. The molecule has 0 unspecified atom stereocenters. The number of aliphatic hydroxyl groups is 1. The first kappa shape index (κ1) is 31.5. The van der Waals surface area contributed by atoms with Gasteiger partial charge in [-0.1, -0.05) is 19.1 Å². The largest absolute Gasteiger partial charge is 0.457 e. The summed E-state index contributed by atoms with van der Waals surface area (Å²) in [5, 5.41) is 14.3. The molecule has 2 fully saturated rings. The smallest absolute Gasteiger partial charge is 0.322 e. The minimum atomic E-state index is -2.64. The quantitative estimate of drug-likeness (QED) is 0.222. The van der Waals surface area contributed by atoms with Crippen molar-refractivity contribution in [2.45, 2.75) is 44.4 Å². The molecule has 0 radical (unpaired) electrons. The number of rotatable bonds is 8. The van der Waals surface area contributed by atoms with Crippen LogP contribution in [-0.4, -0.2) is 88.8 Å². The summed E-state index contributed by atoms with van der Waals surface area (Å²) in [5.41, 5.74) is 3.20. The van der Waals surface area contributed by atoms with Crippen LogP contribution in [0.5, 0.6) is 11.5 Å². The highest BCUT2D eigenvalue weighted by molar-refractivity contribution is 5.90. The summed E-state index contributed by atoms with van der Waals surface area (Å²) >= 11 is 0. The van der Waals surface area contributed by atoms with Crippen molar-refractivity contribution in [3.63, 3.8) is 0 Å². The molecule has 0 spiro atoms. The van der Waals surface area contributed by atoms with E-state index in [9.17, 15) is 18.7 Å². The molecule has 248 valence electrons. The number of pyridine rings is 1. The summed E-state index contributed by atoms with van der Waals surface area (Å²) in [6.07, 6.45) is -0.164. The highest BCUT2D eigenvalue weighted by Gasteiger charge is 2.40. The van der Waals surface area contributed by atoms with Crippen molar-refractivity contribution in [3.05, 3.63) is 82.7 Å². The number of anilines is 1. The molecule has 3 aliphatic rings. The van der Waals surface area contributed by atoms with Gasteiger partial charge in [0, 0.05) is 69.2 Å². The first-order valence-electron chi connectivity index (χ1n) is 16.2. The molecule has 7 rings (SSSR count). The molecule has 3 aliphatic heterocycles. The van der Waals surface area contributed by atoms with Crippen LogP contribution in [0.15, 0.2) is 54.7 Å². The third-order valence-electron chi connectivity index (χ3n) is 9.66. The van der Waals surface area contributed by atoms with E-state index < -0.39 is 12.0 Å². The molecule has 2 aromatic carbocycles. The van der Waals surface area contributed by atoms with Gasteiger partial charge in [0.25, 0.3) is 6.43 Å². The number of nitrogens with zero attached hydrogens (tertiary/aromatic N) is 4. The monoisotopic (exact) mass is 646 g/mol. The predicted octanol–water partition coefficient (Wildman–Crippen LogP) is 5.80. The third-order valence-corrected chi connectivity index (χ3v) is 9.66. The van der Waals surface area contributed by atoms with Gasteiger partial charge in [0.15, 0.2) is 5.60 Å². The normalized spacial score (nSPS) is 19.9. The predicted molar refractivity (Wildman–Crippen MR) is 174 cm³/mol. The van der Waals surface area contributed by atoms with Gasteiger partial charge in [0.05, 0.1) is 24.3 Å². The zero-order valence-electron chi connectivity index (χ0n) is 26.6. The molecule has 3 N–H and O–H groups in total. The van der Waals surface area contributed by atoms with Crippen molar-refractivity contribution in [3.8, 4) is 11.5 Å². The maximum Gasteiger partial charge on any atom is 0.322 e. The summed E-state index contributed by atoms with van der Waals surface area (Å²) < 4.78 is 39.8. The Hall–Kier alpha value is -4.10. The van der Waals surface area contributed by atoms with Crippen LogP contribution in [0.2, 0.25) is 0 Å². The Morgan fingerprint density at radius 2 is 1.96 bits per heavy atom. The molecular formula is C35H40F2N6O4. The molecule has 0 aliphatic carbocycles. The first-order chi connectivity index (χ1) is 22.7. The lowest BCUT2D eigenvalue weighted by atomic mass is 9.88. The van der Waals surface area contributed by atoms with Crippen molar-refractivity contribution in [2.75, 3.05) is 58.3 Å². The van der Waals surface area contributed by atoms with Crippen molar-refractivity contribution < 1.29 is 28.2 Å². The number of nitrogens with one attached hydrogen (secondary N) is 2. The number of aromatic nitrogens is 2. The second kappa shape index (κ2) is 12.8. The number of benzene rings is 2. The van der Waals surface area contributed by atoms with Gasteiger partial charge in [-0.05, 0) is 66.6 Å². The number of halogens is 2. The molecular weight excluding hydrogens is 606 g/mol. The van der Waals surface area contributed by atoms with Crippen LogP contribution >= 0.6 is 0 Å². The Morgan fingerprint density at radius 1 is 1.15 bits per heavy atom. The molecule has 47 heavy (non-hydrogen) atoms. The number of aromatic amines is 1. The van der Waals surface area contributed by atoms with Gasteiger partial charge in [0.2, 0.25) is 0 Å². The second-order valence-electron chi connectivity index (χ2n) is 13.0. The average Bonchev–Trinajstić information content (AvgIpc) is 3.50. The second-order valence-corrected chi connectivity index (χ2v) is 13.0. The molecule has 0 bridgehead atoms. The Balaban J connectivity index is 1.07. The minimum Gasteiger partial charge on any atom is -0.457 e. The SMILES string of the molecule is CC[C@@H]1CN(C(=O)Nc2ccc(CN3CCN(C)CC3)c(C(F)F)c2)Cc2cc(Oc3ccnc4[nH]c(C5(O)COC5)cc34)ccc21. The van der Waals surface area contributed by atoms with Crippen LogP contribution < -0.4 is 10.1 Å². The van der Waals surface area contributed by atoms with Crippen LogP contribution in [-0.2, 0) is 23.4 Å². The van der Waals surface area contributed by atoms with Gasteiger partial charge in [-0.25, -0.2) is 18.6 Å². The number of urea groups is 1. The first-order valence-corrected chi connectivity index (χ1v) is 16.2. The van der Waals surface area contributed by atoms with E-state index in [1.807, 2.05) is 18.2 Å². The van der Waals surface area contributed by atoms with Gasteiger partial charge in [-0.15, -0.1) is 0 Å². The van der Waals surface area contributed by atoms with Gasteiger partial charge in [-0.2, -0.15) is 0 Å². The lowest BCUT2D eigenvalue weighted by Crippen LogP contribution is -2.46. The summed E-state index contributed by atoms with van der Waals surface area (Å²) in [6.45, 7) is 7.34. The third kappa shape index (κ3) is 6.42. The van der Waals surface area contributed by atoms with Gasteiger partial charge >= 0.3 is 6.03 Å². The number of hydrogen-bond acceptors (Lipinski definition) is 7. The standard InChI is InChI=1S/C35H40F2N6O4/c1-3-22-18-43(34(44)39-25-5-4-23(28(15-25)32(36)37)17-42-12-10-41(2)11-13-42)19-24-14-26(6-7-27(22)24)47-30-8-9-38-33-29(30)16-31(40-33)35(45)20-46-21-35/h4-9,14-16,22,32,45H,3,10-13,17-21H2,1-2H3,(H,38,40)(H,39,44)/t22-/m1/s1. The molecule has 0 saturated carbocycles. The number of fused-ring (bicyclic) bond motifs is 2. The van der Waals surface area contributed by atoms with Crippen LogP contribution in [0.3, 0.4) is 0 Å². The van der Waals surface area contributed by atoms with Crippen LogP contribution in [0.1, 0.15) is 53.6 Å². The summed E-state index contributed by atoms with van der Waals surface area (Å²) in [5.74, 6) is 1.32. The van der Waals surface area contributed by atoms with E-state index in [0.29, 0.717) is 53.7 Å². The Labute approximate surface area is 272 Å². The number of piperazine rings is 1. The van der Waals surface area contributed by atoms with Crippen molar-refractivity contribution in [1.82, 2.24) is 24.7 Å². The Morgan fingerprint density at radius 3 is 2.68 bits per heavy atom. The van der Waals surface area contributed by atoms with Crippen molar-refractivity contribution in [2.24, 2.45) is 0 Å². The fourth-order valence-electron chi connectivity index (χ4n) is 6.71. The molecule has 2 amide bonds. The zero-order valence-corrected chi connectivity index (χ0v) is 26.6. The van der Waals surface area contributed by atoms with E-state index >= 15 is 0 Å². The molecule has 2 aromatic heterocycles. The fourth-order valence-corrected chi connectivity index (χ4v) is 6.71. The molecule has 4 aromatic rings. The highest BCUT2D eigenvalue weighted by Crippen LogP contribution is 2.38. The van der Waals surface area contributed by atoms with Gasteiger partial charge in [-0.3, -0.25) is 4.90 Å². The number of alkyl halides is 2. The lowest BCUT2D eigenvalue weighted by Gasteiger charge is -2.35. The molecule has 10 nitrogen and oxygen atoms in total. The maximum atomic E-state index is 14.1. The van der Waals surface area contributed by atoms with E-state index in [1.54, 1.807) is 29.3 Å². The number of carbonyl (C=O) groups is 1. The minimum absolute atomic E-state index is 0.0473. The summed E-state index contributed by atoms with van der Waals surface area (Å²) in [4.78, 5) is 27.3. The molecule has 2 saturated heterocycles. The van der Waals surface area contributed by atoms with E-state index in [-0.39, 0.29) is 30.7 Å². The van der Waals surface area contributed by atoms with E-state index in [1.165, 1.54) is 6.07 Å². The number of H-pyrrole nitrogens is 1. The molecule has 5 heterocycles. The van der Waals surface area contributed by atoms with Crippen LogP contribution in [0, 0.1) is 0 Å². The van der Waals surface area contributed by atoms with Crippen molar-refractivity contribution >= 4 is 22.8 Å². The lowest BCUT2D eigenvalue weighted by molar-refractivity contribution is -0.186. The fraction of sp³-hybridized carbons (Fsp3) is 0.429. The van der Waals surface area contributed by atoms with Gasteiger partial charge < -0.3 is 34.7 Å². The molecule has 12 heteroatoms. The van der Waals surface area contributed by atoms with E-state index in [0.717, 1.165) is 49.1 Å². The zero-order chi connectivity index (χ0) is 32.7. The number of likely N-dealkylation sites (N-methyl/N-ethyl adjacent to an activating group) is 1. The highest BCUT2D eigenvalue weighted by atomic mass is 19.3. The maximum absolute atomic E-state index is 14.1. The average molecular weight is 647 g/mol. The van der Waals surface area contributed by atoms with Crippen molar-refractivity contribution in [1.29, 1.82) is 0 Å².